The van der Waals surface area contributed by atoms with E-state index < -0.39 is 0 Å². The zero-order valence-corrected chi connectivity index (χ0v) is 28.2. The summed E-state index contributed by atoms with van der Waals surface area (Å²) in [4.78, 5) is 0. The molecule has 0 saturated carbocycles. The highest BCUT2D eigenvalue weighted by Gasteiger charge is 2.32. The summed E-state index contributed by atoms with van der Waals surface area (Å²) in [5.41, 5.74) is 10.6. The van der Waals surface area contributed by atoms with Crippen LogP contribution < -0.4 is 0 Å². The number of aliphatic hydroxyl groups excluding tert-OH is 2. The van der Waals surface area contributed by atoms with E-state index in [0.717, 1.165) is 38.5 Å². The van der Waals surface area contributed by atoms with Gasteiger partial charge in [0.25, 0.3) is 0 Å². The Morgan fingerprint density at radius 2 is 1.14 bits per heavy atom. The van der Waals surface area contributed by atoms with E-state index in [1.807, 2.05) is 0 Å². The van der Waals surface area contributed by atoms with Gasteiger partial charge in [-0.15, -0.1) is 0 Å². The minimum atomic E-state index is -0.224. The van der Waals surface area contributed by atoms with Gasteiger partial charge in [0.05, 0.1) is 12.2 Å². The standard InChI is InChI=1S/C40H58O2/c1-29(17-13-19-31(3)21-23-37-33(5)25-35(41)27-39(37,7)8)15-11-12-16-30(2)18-14-20-32(4)22-24-38-34(6)26-36(42)28-40(38,9)10/h11-21,23,35-36,41-42H,22,24-28H2,1-10H3. The summed E-state index contributed by atoms with van der Waals surface area (Å²) in [5.74, 6) is 0. The molecule has 0 bridgehead atoms. The van der Waals surface area contributed by atoms with Gasteiger partial charge in [-0.05, 0) is 96.5 Å². The second-order valence-corrected chi connectivity index (χ2v) is 14.0. The molecule has 2 heteroatoms. The van der Waals surface area contributed by atoms with E-state index in [2.05, 4.69) is 142 Å². The molecule has 2 N–H and O–H groups in total. The van der Waals surface area contributed by atoms with Gasteiger partial charge < -0.3 is 10.2 Å². The Labute approximate surface area is 258 Å². The molecular formula is C40H58O2. The second-order valence-electron chi connectivity index (χ2n) is 14.0. The van der Waals surface area contributed by atoms with E-state index in [0.29, 0.717) is 0 Å². The first-order valence-corrected chi connectivity index (χ1v) is 15.7. The van der Waals surface area contributed by atoms with Gasteiger partial charge in [0.15, 0.2) is 0 Å². The normalized spacial score (nSPS) is 24.9. The molecule has 0 amide bonds. The largest absolute Gasteiger partial charge is 0.393 e. The van der Waals surface area contributed by atoms with Crippen molar-refractivity contribution >= 4 is 0 Å². The van der Waals surface area contributed by atoms with Crippen molar-refractivity contribution in [3.63, 3.8) is 0 Å². The first-order chi connectivity index (χ1) is 19.6. The second kappa shape index (κ2) is 16.2. The lowest BCUT2D eigenvalue weighted by atomic mass is 9.70. The van der Waals surface area contributed by atoms with E-state index in [1.165, 1.54) is 44.6 Å². The van der Waals surface area contributed by atoms with Crippen LogP contribution in [0.1, 0.15) is 108 Å². The molecule has 2 unspecified atom stereocenters. The molecule has 0 aromatic rings. The first-order valence-electron chi connectivity index (χ1n) is 15.7. The average Bonchev–Trinajstić information content (AvgIpc) is 2.84. The molecule has 2 atom stereocenters. The molecule has 0 saturated heterocycles. The minimum Gasteiger partial charge on any atom is -0.393 e. The van der Waals surface area contributed by atoms with Crippen molar-refractivity contribution in [3.05, 3.63) is 117 Å². The molecule has 2 aliphatic carbocycles. The summed E-state index contributed by atoms with van der Waals surface area (Å²) in [7, 11) is 0. The fourth-order valence-corrected chi connectivity index (χ4v) is 6.49. The maximum atomic E-state index is 10.1. The highest BCUT2D eigenvalue weighted by atomic mass is 16.3. The van der Waals surface area contributed by atoms with Gasteiger partial charge in [0, 0.05) is 0 Å². The van der Waals surface area contributed by atoms with Crippen molar-refractivity contribution in [1.29, 1.82) is 0 Å². The molecule has 0 aromatic carbocycles. The van der Waals surface area contributed by atoms with Crippen LogP contribution in [0, 0.1) is 10.8 Å². The summed E-state index contributed by atoms with van der Waals surface area (Å²) in [5, 5.41) is 20.2. The number of hydrogen-bond donors (Lipinski definition) is 2. The predicted octanol–water partition coefficient (Wildman–Crippen LogP) is 10.8. The molecule has 0 fully saturated rings. The molecule has 230 valence electrons. The lowest BCUT2D eigenvalue weighted by molar-refractivity contribution is 0.113. The van der Waals surface area contributed by atoms with Gasteiger partial charge in [-0.25, -0.2) is 0 Å². The highest BCUT2D eigenvalue weighted by Crippen LogP contribution is 2.43. The topological polar surface area (TPSA) is 40.5 Å². The monoisotopic (exact) mass is 570 g/mol. The average molecular weight is 571 g/mol. The Bertz CT molecular complexity index is 1240. The van der Waals surface area contributed by atoms with Crippen LogP contribution in [-0.2, 0) is 0 Å². The Morgan fingerprint density at radius 3 is 1.69 bits per heavy atom. The van der Waals surface area contributed by atoms with Crippen LogP contribution in [0.4, 0.5) is 0 Å². The lowest BCUT2D eigenvalue weighted by Crippen LogP contribution is -2.29. The Kier molecular flexibility index (Phi) is 13.7. The van der Waals surface area contributed by atoms with Crippen molar-refractivity contribution in [3.8, 4) is 0 Å². The number of aliphatic hydroxyl groups is 2. The summed E-state index contributed by atoms with van der Waals surface area (Å²) >= 11 is 0. The van der Waals surface area contributed by atoms with Gasteiger partial charge in [-0.3, -0.25) is 0 Å². The fraction of sp³-hybridized carbons (Fsp3) is 0.500. The van der Waals surface area contributed by atoms with Gasteiger partial charge in [0.1, 0.15) is 0 Å². The molecule has 2 aliphatic rings. The molecule has 0 aromatic heterocycles. The quantitative estimate of drug-likeness (QED) is 0.192. The Morgan fingerprint density at radius 1 is 0.667 bits per heavy atom. The van der Waals surface area contributed by atoms with Crippen LogP contribution in [0.3, 0.4) is 0 Å². The number of hydrogen-bond acceptors (Lipinski definition) is 2. The van der Waals surface area contributed by atoms with Gasteiger partial charge in [-0.2, -0.15) is 0 Å². The summed E-state index contributed by atoms with van der Waals surface area (Å²) < 4.78 is 0. The van der Waals surface area contributed by atoms with Crippen molar-refractivity contribution in [2.75, 3.05) is 0 Å². The molecule has 0 aliphatic heterocycles. The van der Waals surface area contributed by atoms with Gasteiger partial charge in [-0.1, -0.05) is 140 Å². The number of allylic oxidation sites excluding steroid dienone is 18. The third-order valence-corrected chi connectivity index (χ3v) is 8.67. The zero-order valence-electron chi connectivity index (χ0n) is 28.2. The summed E-state index contributed by atoms with van der Waals surface area (Å²) in [6.07, 6.45) is 30.7. The van der Waals surface area contributed by atoms with Crippen LogP contribution in [0.25, 0.3) is 0 Å². The minimum absolute atomic E-state index is 0.00810. The predicted molar refractivity (Wildman–Crippen MR) is 184 cm³/mol. The van der Waals surface area contributed by atoms with E-state index in [-0.39, 0.29) is 23.0 Å². The van der Waals surface area contributed by atoms with E-state index in [1.54, 1.807) is 0 Å². The maximum absolute atomic E-state index is 10.1. The number of rotatable bonds is 11. The van der Waals surface area contributed by atoms with Crippen LogP contribution in [0.5, 0.6) is 0 Å². The van der Waals surface area contributed by atoms with E-state index in [9.17, 15) is 10.2 Å². The van der Waals surface area contributed by atoms with Crippen LogP contribution in [-0.4, -0.2) is 22.4 Å². The van der Waals surface area contributed by atoms with Crippen LogP contribution >= 0.6 is 0 Å². The highest BCUT2D eigenvalue weighted by molar-refractivity contribution is 5.38. The third kappa shape index (κ3) is 11.9. The molecule has 0 heterocycles. The van der Waals surface area contributed by atoms with Crippen LogP contribution in [0.15, 0.2) is 117 Å². The molecule has 2 nitrogen and oxygen atoms in total. The van der Waals surface area contributed by atoms with Crippen molar-refractivity contribution in [1.82, 2.24) is 0 Å². The summed E-state index contributed by atoms with van der Waals surface area (Å²) in [6.45, 7) is 21.9. The molecule has 2 rings (SSSR count). The van der Waals surface area contributed by atoms with Gasteiger partial charge in [0.2, 0.25) is 0 Å². The zero-order chi connectivity index (χ0) is 31.5. The Balaban J connectivity index is 1.86. The smallest absolute Gasteiger partial charge is 0.0585 e. The van der Waals surface area contributed by atoms with Crippen LogP contribution in [0.2, 0.25) is 0 Å². The van der Waals surface area contributed by atoms with E-state index >= 15 is 0 Å². The van der Waals surface area contributed by atoms with Crippen molar-refractivity contribution < 1.29 is 10.2 Å². The fourth-order valence-electron chi connectivity index (χ4n) is 6.49. The Hall–Kier alpha value is -2.68. The third-order valence-electron chi connectivity index (χ3n) is 8.67. The van der Waals surface area contributed by atoms with Gasteiger partial charge >= 0.3 is 0 Å². The SMILES string of the molecule is CC(C=CC=C(C)C=CC1=C(C)CC(O)CC1(C)C)=CC=CC=C(C)C=CC=C(C)CCC1=C(C)CC(O)CC1(C)C. The maximum Gasteiger partial charge on any atom is 0.0585 e. The molecular weight excluding hydrogens is 512 g/mol. The van der Waals surface area contributed by atoms with Crippen molar-refractivity contribution in [2.45, 2.75) is 120 Å². The summed E-state index contributed by atoms with van der Waals surface area (Å²) in [6, 6.07) is 0. The molecule has 0 radical (unpaired) electrons. The van der Waals surface area contributed by atoms with E-state index in [4.69, 9.17) is 0 Å². The van der Waals surface area contributed by atoms with Crippen molar-refractivity contribution in [2.24, 2.45) is 10.8 Å². The molecule has 42 heavy (non-hydrogen) atoms. The molecule has 0 spiro atoms. The first kappa shape index (κ1) is 35.5. The lowest BCUT2D eigenvalue weighted by Gasteiger charge is -2.37.